The van der Waals surface area contributed by atoms with Crippen molar-refractivity contribution in [3.8, 4) is 5.75 Å². The fourth-order valence-electron chi connectivity index (χ4n) is 1.86. The standard InChI is InChI=1S/C18H31NO4/c1-4-9-21-10-11-22-13-16-5-7-18(8-6-16)23-14-17(20)12-19-15(2)3/h5-8,15,17,19-20H,4,9-14H2,1-3H3. The Kier molecular flexibility index (Phi) is 10.6. The molecule has 1 aromatic rings. The Hall–Kier alpha value is -1.14. The molecule has 0 fully saturated rings. The van der Waals surface area contributed by atoms with Crippen molar-refractivity contribution in [2.45, 2.75) is 45.9 Å². The van der Waals surface area contributed by atoms with E-state index in [0.29, 0.717) is 32.4 Å². The number of nitrogens with one attached hydrogen (secondary N) is 1. The number of aliphatic hydroxyl groups excluding tert-OH is 1. The number of aliphatic hydroxyl groups is 1. The minimum atomic E-state index is -0.511. The van der Waals surface area contributed by atoms with Crippen LogP contribution in [0, 0.1) is 0 Å². The van der Waals surface area contributed by atoms with Crippen LogP contribution < -0.4 is 10.1 Å². The van der Waals surface area contributed by atoms with Gasteiger partial charge in [0.2, 0.25) is 0 Å². The molecule has 0 saturated heterocycles. The molecule has 0 amide bonds. The van der Waals surface area contributed by atoms with Gasteiger partial charge in [-0.1, -0.05) is 32.9 Å². The van der Waals surface area contributed by atoms with Gasteiger partial charge in [-0.25, -0.2) is 0 Å². The van der Waals surface area contributed by atoms with Gasteiger partial charge in [0.15, 0.2) is 0 Å². The summed E-state index contributed by atoms with van der Waals surface area (Å²) < 4.78 is 16.5. The molecule has 23 heavy (non-hydrogen) atoms. The van der Waals surface area contributed by atoms with Gasteiger partial charge in [-0.2, -0.15) is 0 Å². The first-order valence-corrected chi connectivity index (χ1v) is 8.40. The Labute approximate surface area is 139 Å². The smallest absolute Gasteiger partial charge is 0.119 e. The van der Waals surface area contributed by atoms with E-state index in [1.165, 1.54) is 0 Å². The second kappa shape index (κ2) is 12.3. The zero-order valence-corrected chi connectivity index (χ0v) is 14.6. The lowest BCUT2D eigenvalue weighted by atomic mass is 10.2. The number of benzene rings is 1. The van der Waals surface area contributed by atoms with E-state index in [1.807, 2.05) is 38.1 Å². The van der Waals surface area contributed by atoms with Crippen molar-refractivity contribution in [1.29, 1.82) is 0 Å². The normalized spacial score (nSPS) is 12.6. The van der Waals surface area contributed by atoms with Crippen LogP contribution >= 0.6 is 0 Å². The Morgan fingerprint density at radius 1 is 1.04 bits per heavy atom. The van der Waals surface area contributed by atoms with Crippen LogP contribution in [0.2, 0.25) is 0 Å². The predicted octanol–water partition coefficient (Wildman–Crippen LogP) is 2.37. The van der Waals surface area contributed by atoms with Crippen molar-refractivity contribution in [2.24, 2.45) is 0 Å². The molecule has 0 aliphatic rings. The SMILES string of the molecule is CCCOCCOCc1ccc(OCC(O)CNC(C)C)cc1. The molecule has 1 unspecified atom stereocenters. The minimum Gasteiger partial charge on any atom is -0.491 e. The van der Waals surface area contributed by atoms with E-state index in [-0.39, 0.29) is 6.61 Å². The highest BCUT2D eigenvalue weighted by molar-refractivity contribution is 5.26. The van der Waals surface area contributed by atoms with Gasteiger partial charge >= 0.3 is 0 Å². The zero-order chi connectivity index (χ0) is 16.9. The lowest BCUT2D eigenvalue weighted by Gasteiger charge is -2.15. The van der Waals surface area contributed by atoms with E-state index in [9.17, 15) is 5.11 Å². The molecule has 1 rings (SSSR count). The number of hydrogen-bond acceptors (Lipinski definition) is 5. The summed E-state index contributed by atoms with van der Waals surface area (Å²) in [5.41, 5.74) is 1.09. The molecule has 0 aromatic heterocycles. The van der Waals surface area contributed by atoms with E-state index in [1.54, 1.807) is 0 Å². The molecule has 1 aromatic carbocycles. The maximum absolute atomic E-state index is 9.80. The van der Waals surface area contributed by atoms with Gasteiger partial charge in [-0.05, 0) is 24.1 Å². The fraction of sp³-hybridized carbons (Fsp3) is 0.667. The van der Waals surface area contributed by atoms with Crippen LogP contribution in [0.1, 0.15) is 32.8 Å². The zero-order valence-electron chi connectivity index (χ0n) is 14.6. The Morgan fingerprint density at radius 2 is 1.74 bits per heavy atom. The van der Waals surface area contributed by atoms with Crippen molar-refractivity contribution >= 4 is 0 Å². The van der Waals surface area contributed by atoms with E-state index < -0.39 is 6.10 Å². The van der Waals surface area contributed by atoms with Gasteiger partial charge in [0.1, 0.15) is 18.5 Å². The van der Waals surface area contributed by atoms with Crippen LogP contribution in [0.15, 0.2) is 24.3 Å². The third-order valence-electron chi connectivity index (χ3n) is 3.12. The largest absolute Gasteiger partial charge is 0.491 e. The van der Waals surface area contributed by atoms with Crippen LogP contribution in [-0.4, -0.2) is 50.2 Å². The second-order valence-electron chi connectivity index (χ2n) is 5.84. The van der Waals surface area contributed by atoms with E-state index >= 15 is 0 Å². The molecular formula is C18H31NO4. The van der Waals surface area contributed by atoms with Crippen LogP contribution in [0.5, 0.6) is 5.75 Å². The van der Waals surface area contributed by atoms with E-state index in [0.717, 1.165) is 24.3 Å². The molecule has 132 valence electrons. The van der Waals surface area contributed by atoms with E-state index in [2.05, 4.69) is 12.2 Å². The van der Waals surface area contributed by atoms with Crippen molar-refractivity contribution in [3.63, 3.8) is 0 Å². The molecule has 0 bridgehead atoms. The molecule has 0 aliphatic heterocycles. The monoisotopic (exact) mass is 325 g/mol. The maximum atomic E-state index is 9.80. The average molecular weight is 325 g/mol. The first-order chi connectivity index (χ1) is 11.1. The molecule has 1 atom stereocenters. The van der Waals surface area contributed by atoms with Crippen molar-refractivity contribution < 1.29 is 19.3 Å². The lowest BCUT2D eigenvalue weighted by molar-refractivity contribution is 0.0408. The highest BCUT2D eigenvalue weighted by Crippen LogP contribution is 2.13. The van der Waals surface area contributed by atoms with Gasteiger partial charge in [0.25, 0.3) is 0 Å². The summed E-state index contributed by atoms with van der Waals surface area (Å²) in [6, 6.07) is 8.10. The van der Waals surface area contributed by atoms with Crippen LogP contribution in [0.25, 0.3) is 0 Å². The number of ether oxygens (including phenoxy) is 3. The topological polar surface area (TPSA) is 60.0 Å². The summed E-state index contributed by atoms with van der Waals surface area (Å²) in [5, 5.41) is 13.0. The third kappa shape index (κ3) is 10.3. The fourth-order valence-corrected chi connectivity index (χ4v) is 1.86. The first-order valence-electron chi connectivity index (χ1n) is 8.40. The molecule has 2 N–H and O–H groups in total. The molecule has 5 nitrogen and oxygen atoms in total. The third-order valence-corrected chi connectivity index (χ3v) is 3.12. The quantitative estimate of drug-likeness (QED) is 0.545. The van der Waals surface area contributed by atoms with E-state index in [4.69, 9.17) is 14.2 Å². The molecular weight excluding hydrogens is 294 g/mol. The predicted molar refractivity (Wildman–Crippen MR) is 91.8 cm³/mol. The molecule has 0 radical (unpaired) electrons. The summed E-state index contributed by atoms with van der Waals surface area (Å²) in [4.78, 5) is 0. The van der Waals surface area contributed by atoms with Crippen LogP contribution in [-0.2, 0) is 16.1 Å². The minimum absolute atomic E-state index is 0.282. The molecule has 0 aliphatic carbocycles. The van der Waals surface area contributed by atoms with Gasteiger partial charge in [0.05, 0.1) is 19.8 Å². The highest BCUT2D eigenvalue weighted by Gasteiger charge is 2.06. The summed E-state index contributed by atoms with van der Waals surface area (Å²) in [6.07, 6.45) is 0.521. The molecule has 0 heterocycles. The summed E-state index contributed by atoms with van der Waals surface area (Å²) in [7, 11) is 0. The number of rotatable bonds is 13. The average Bonchev–Trinajstić information content (AvgIpc) is 2.55. The molecule has 0 spiro atoms. The Morgan fingerprint density at radius 3 is 2.39 bits per heavy atom. The first kappa shape index (κ1) is 19.9. The Balaban J connectivity index is 2.17. The summed E-state index contributed by atoms with van der Waals surface area (Å²) in [5.74, 6) is 0.753. The van der Waals surface area contributed by atoms with Crippen LogP contribution in [0.4, 0.5) is 0 Å². The van der Waals surface area contributed by atoms with Crippen molar-refractivity contribution in [3.05, 3.63) is 29.8 Å². The molecule has 5 heteroatoms. The molecule has 0 saturated carbocycles. The van der Waals surface area contributed by atoms with Gasteiger partial charge in [0, 0.05) is 19.2 Å². The Bertz CT molecular complexity index is 395. The van der Waals surface area contributed by atoms with Crippen molar-refractivity contribution in [1.82, 2.24) is 5.32 Å². The highest BCUT2D eigenvalue weighted by atomic mass is 16.5. The lowest BCUT2D eigenvalue weighted by Crippen LogP contribution is -2.35. The maximum Gasteiger partial charge on any atom is 0.119 e. The van der Waals surface area contributed by atoms with Gasteiger partial charge < -0.3 is 24.6 Å². The van der Waals surface area contributed by atoms with Gasteiger partial charge in [-0.3, -0.25) is 0 Å². The van der Waals surface area contributed by atoms with Crippen LogP contribution in [0.3, 0.4) is 0 Å². The van der Waals surface area contributed by atoms with Crippen molar-refractivity contribution in [2.75, 3.05) is 33.0 Å². The summed E-state index contributed by atoms with van der Waals surface area (Å²) in [6.45, 7) is 9.59. The number of hydrogen-bond donors (Lipinski definition) is 2. The van der Waals surface area contributed by atoms with Gasteiger partial charge in [-0.15, -0.1) is 0 Å². The second-order valence-corrected chi connectivity index (χ2v) is 5.84. The summed E-state index contributed by atoms with van der Waals surface area (Å²) >= 11 is 0.